The Balaban J connectivity index is 1.79. The number of nitrogens with zero attached hydrogens (tertiary/aromatic N) is 1. The first-order chi connectivity index (χ1) is 10.6. The molecule has 0 unspecified atom stereocenters. The van der Waals surface area contributed by atoms with E-state index >= 15 is 0 Å². The number of hydrogen-bond donors (Lipinski definition) is 0. The average molecular weight is 335 g/mol. The smallest absolute Gasteiger partial charge is 0.336 e. The molecule has 1 saturated heterocycles. The Kier molecular flexibility index (Phi) is 4.81. The Morgan fingerprint density at radius 1 is 1.32 bits per heavy atom. The number of morpholine rings is 1. The normalized spacial score (nSPS) is 15.2. The van der Waals surface area contributed by atoms with Crippen LogP contribution in [0.15, 0.2) is 33.5 Å². The first-order valence-electron chi connectivity index (χ1n) is 7.16. The molecule has 2 heterocycles. The van der Waals surface area contributed by atoms with Crippen molar-refractivity contribution in [2.45, 2.75) is 12.7 Å². The van der Waals surface area contributed by atoms with Crippen molar-refractivity contribution in [3.8, 4) is 0 Å². The van der Waals surface area contributed by atoms with E-state index in [0.29, 0.717) is 11.3 Å². The molecule has 116 valence electrons. The molecule has 0 aliphatic carbocycles. The molecule has 6 heteroatoms. The largest absolute Gasteiger partial charge is 0.423 e. The zero-order chi connectivity index (χ0) is 15.5. The number of aryl methyl sites for hydroxylation is 1. The van der Waals surface area contributed by atoms with E-state index in [-0.39, 0.29) is 5.63 Å². The summed E-state index contributed by atoms with van der Waals surface area (Å²) in [6, 6.07) is 7.41. The Labute approximate surface area is 138 Å². The lowest BCUT2D eigenvalue weighted by Gasteiger charge is -2.28. The van der Waals surface area contributed by atoms with Gasteiger partial charge in [0, 0.05) is 30.3 Å². The molecule has 1 aromatic heterocycles. The van der Waals surface area contributed by atoms with Gasteiger partial charge in [-0.25, -0.2) is 4.79 Å². The molecule has 3 rings (SSSR count). The summed E-state index contributed by atoms with van der Waals surface area (Å²) in [5.74, 6) is 0.668. The Morgan fingerprint density at radius 3 is 2.86 bits per heavy atom. The molecule has 0 radical (unpaired) electrons. The second-order valence-corrected chi connectivity index (χ2v) is 6.85. The standard InChI is InChI=1S/C16H17NO3S2/c1-11-2-3-14-13(8-11)12(9-15(18)20-14)10-22-16(21)17-4-6-19-7-5-17/h2-3,8-9H,4-7,10H2,1H3. The van der Waals surface area contributed by atoms with E-state index < -0.39 is 0 Å². The van der Waals surface area contributed by atoms with Crippen LogP contribution in [-0.2, 0) is 10.5 Å². The molecule has 0 atom stereocenters. The minimum Gasteiger partial charge on any atom is -0.423 e. The molecule has 0 N–H and O–H groups in total. The fourth-order valence-corrected chi connectivity index (χ4v) is 3.68. The van der Waals surface area contributed by atoms with Crippen LogP contribution in [0, 0.1) is 6.92 Å². The van der Waals surface area contributed by atoms with E-state index in [1.54, 1.807) is 17.8 Å². The zero-order valence-corrected chi connectivity index (χ0v) is 14.0. The Morgan fingerprint density at radius 2 is 2.09 bits per heavy atom. The second-order valence-electron chi connectivity index (χ2n) is 5.24. The minimum atomic E-state index is -0.316. The van der Waals surface area contributed by atoms with E-state index in [9.17, 15) is 4.79 Å². The molecule has 0 spiro atoms. The van der Waals surface area contributed by atoms with Crippen LogP contribution in [0.1, 0.15) is 11.1 Å². The lowest BCUT2D eigenvalue weighted by Crippen LogP contribution is -2.38. The van der Waals surface area contributed by atoms with E-state index in [4.69, 9.17) is 21.4 Å². The molecule has 0 amide bonds. The predicted octanol–water partition coefficient (Wildman–Crippen LogP) is 2.95. The summed E-state index contributed by atoms with van der Waals surface area (Å²) < 4.78 is 11.4. The fourth-order valence-electron chi connectivity index (χ4n) is 2.44. The third kappa shape index (κ3) is 3.51. The maximum atomic E-state index is 11.7. The van der Waals surface area contributed by atoms with Crippen molar-refractivity contribution in [2.75, 3.05) is 26.3 Å². The number of hydrogen-bond acceptors (Lipinski definition) is 5. The molecule has 1 aliphatic rings. The Bertz CT molecular complexity index is 751. The van der Waals surface area contributed by atoms with E-state index in [1.165, 1.54) is 0 Å². The topological polar surface area (TPSA) is 42.7 Å². The maximum absolute atomic E-state index is 11.7. The van der Waals surface area contributed by atoms with Crippen LogP contribution >= 0.6 is 24.0 Å². The lowest BCUT2D eigenvalue weighted by molar-refractivity contribution is 0.0702. The number of benzene rings is 1. The highest BCUT2D eigenvalue weighted by Gasteiger charge is 2.15. The highest BCUT2D eigenvalue weighted by Crippen LogP contribution is 2.24. The van der Waals surface area contributed by atoms with Gasteiger partial charge in [-0.2, -0.15) is 0 Å². The molecular formula is C16H17NO3S2. The van der Waals surface area contributed by atoms with Gasteiger partial charge >= 0.3 is 5.63 Å². The van der Waals surface area contributed by atoms with Crippen LogP contribution in [-0.4, -0.2) is 35.5 Å². The van der Waals surface area contributed by atoms with Crippen LogP contribution in [0.4, 0.5) is 0 Å². The molecular weight excluding hydrogens is 318 g/mol. The first-order valence-corrected chi connectivity index (χ1v) is 8.56. The average Bonchev–Trinajstić information content (AvgIpc) is 2.53. The van der Waals surface area contributed by atoms with Gasteiger partial charge in [0.2, 0.25) is 0 Å². The minimum absolute atomic E-state index is 0.316. The van der Waals surface area contributed by atoms with Crippen molar-refractivity contribution in [3.63, 3.8) is 0 Å². The van der Waals surface area contributed by atoms with E-state index in [2.05, 4.69) is 4.90 Å². The molecule has 1 aromatic carbocycles. The van der Waals surface area contributed by atoms with Gasteiger partial charge in [-0.15, -0.1) is 0 Å². The van der Waals surface area contributed by atoms with E-state index in [0.717, 1.165) is 47.1 Å². The number of thioether (sulfide) groups is 1. The quantitative estimate of drug-likeness (QED) is 0.621. The predicted molar refractivity (Wildman–Crippen MR) is 93.5 cm³/mol. The maximum Gasteiger partial charge on any atom is 0.336 e. The molecule has 2 aromatic rings. The summed E-state index contributed by atoms with van der Waals surface area (Å²) in [5.41, 5.74) is 2.43. The monoisotopic (exact) mass is 335 g/mol. The summed E-state index contributed by atoms with van der Waals surface area (Å²) >= 11 is 7.07. The second kappa shape index (κ2) is 6.81. The summed E-state index contributed by atoms with van der Waals surface area (Å²) in [6.07, 6.45) is 0. The van der Waals surface area contributed by atoms with Crippen molar-refractivity contribution in [2.24, 2.45) is 0 Å². The molecule has 4 nitrogen and oxygen atoms in total. The van der Waals surface area contributed by atoms with Gasteiger partial charge in [-0.3, -0.25) is 0 Å². The van der Waals surface area contributed by atoms with Gasteiger partial charge in [0.05, 0.1) is 13.2 Å². The van der Waals surface area contributed by atoms with Crippen molar-refractivity contribution >= 4 is 39.3 Å². The third-order valence-electron chi connectivity index (χ3n) is 3.60. The fraction of sp³-hybridized carbons (Fsp3) is 0.375. The highest BCUT2D eigenvalue weighted by atomic mass is 32.2. The van der Waals surface area contributed by atoms with Gasteiger partial charge in [0.25, 0.3) is 0 Å². The van der Waals surface area contributed by atoms with E-state index in [1.807, 2.05) is 25.1 Å². The molecule has 1 fully saturated rings. The van der Waals surface area contributed by atoms with Gasteiger partial charge in [0.1, 0.15) is 9.90 Å². The van der Waals surface area contributed by atoms with Gasteiger partial charge in [0.15, 0.2) is 0 Å². The summed E-state index contributed by atoms with van der Waals surface area (Å²) in [6.45, 7) is 5.14. The molecule has 22 heavy (non-hydrogen) atoms. The molecule has 1 aliphatic heterocycles. The van der Waals surface area contributed by atoms with Crippen molar-refractivity contribution in [1.82, 2.24) is 4.90 Å². The number of fused-ring (bicyclic) bond motifs is 1. The van der Waals surface area contributed by atoms with Gasteiger partial charge < -0.3 is 14.1 Å². The summed E-state index contributed by atoms with van der Waals surface area (Å²) in [4.78, 5) is 13.9. The van der Waals surface area contributed by atoms with Crippen LogP contribution in [0.3, 0.4) is 0 Å². The highest BCUT2D eigenvalue weighted by molar-refractivity contribution is 8.22. The number of rotatable bonds is 2. The van der Waals surface area contributed by atoms with Crippen LogP contribution < -0.4 is 5.63 Å². The van der Waals surface area contributed by atoms with Crippen LogP contribution in [0.25, 0.3) is 11.0 Å². The lowest BCUT2D eigenvalue weighted by atomic mass is 10.1. The van der Waals surface area contributed by atoms with Crippen molar-refractivity contribution in [1.29, 1.82) is 0 Å². The summed E-state index contributed by atoms with van der Waals surface area (Å²) in [5, 5.41) is 0.983. The van der Waals surface area contributed by atoms with Crippen molar-refractivity contribution in [3.05, 3.63) is 45.8 Å². The SMILES string of the molecule is Cc1ccc2oc(=O)cc(CSC(=S)N3CCOCC3)c2c1. The molecule has 0 saturated carbocycles. The van der Waals surface area contributed by atoms with Gasteiger partial charge in [-0.1, -0.05) is 35.6 Å². The van der Waals surface area contributed by atoms with Gasteiger partial charge in [-0.05, 0) is 24.6 Å². The molecule has 0 bridgehead atoms. The zero-order valence-electron chi connectivity index (χ0n) is 12.3. The number of ether oxygens (including phenoxy) is 1. The Hall–Kier alpha value is -1.37. The third-order valence-corrected chi connectivity index (χ3v) is 5.18. The number of thiocarbonyl (C=S) groups is 1. The van der Waals surface area contributed by atoms with Crippen LogP contribution in [0.2, 0.25) is 0 Å². The van der Waals surface area contributed by atoms with Crippen LogP contribution in [0.5, 0.6) is 0 Å². The van der Waals surface area contributed by atoms with Crippen molar-refractivity contribution < 1.29 is 9.15 Å². The summed E-state index contributed by atoms with van der Waals surface area (Å²) in [7, 11) is 0. The first kappa shape index (κ1) is 15.5.